The minimum absolute atomic E-state index is 0.0813. The molecule has 31 heavy (non-hydrogen) atoms. The molecule has 1 amide bonds. The van der Waals surface area contributed by atoms with Gasteiger partial charge in [-0.1, -0.05) is 23.2 Å². The number of nitrogens with zero attached hydrogens (tertiary/aromatic N) is 1. The fourth-order valence-corrected chi connectivity index (χ4v) is 4.31. The van der Waals surface area contributed by atoms with Crippen molar-refractivity contribution in [1.82, 2.24) is 10.2 Å². The van der Waals surface area contributed by atoms with E-state index in [1.165, 1.54) is 0 Å². The maximum absolute atomic E-state index is 12.6. The van der Waals surface area contributed by atoms with Crippen molar-refractivity contribution in [3.8, 4) is 11.5 Å². The predicted molar refractivity (Wildman–Crippen MR) is 120 cm³/mol. The number of carbonyl (C=O) groups is 1. The average Bonchev–Trinajstić information content (AvgIpc) is 3.18. The lowest BCUT2D eigenvalue weighted by Gasteiger charge is -2.33. The van der Waals surface area contributed by atoms with E-state index in [0.717, 1.165) is 37.2 Å². The first kappa shape index (κ1) is 22.2. The number of aliphatic hydroxyl groups is 1. The number of halogens is 2. The molecule has 2 heterocycles. The van der Waals surface area contributed by atoms with E-state index >= 15 is 0 Å². The summed E-state index contributed by atoms with van der Waals surface area (Å²) >= 11 is 11.9. The first-order valence-corrected chi connectivity index (χ1v) is 11.3. The highest BCUT2D eigenvalue weighted by Gasteiger charge is 2.31. The highest BCUT2D eigenvalue weighted by molar-refractivity contribution is 6.30. The number of hydrogen-bond acceptors (Lipinski definition) is 5. The highest BCUT2D eigenvalue weighted by atomic mass is 35.5. The zero-order valence-corrected chi connectivity index (χ0v) is 18.6. The van der Waals surface area contributed by atoms with Gasteiger partial charge in [-0.05, 0) is 60.9 Å². The lowest BCUT2D eigenvalue weighted by Crippen LogP contribution is -2.49. The van der Waals surface area contributed by atoms with Gasteiger partial charge in [0.1, 0.15) is 24.2 Å². The van der Waals surface area contributed by atoms with E-state index in [4.69, 9.17) is 32.7 Å². The van der Waals surface area contributed by atoms with E-state index in [0.29, 0.717) is 28.8 Å². The molecular weight excluding hydrogens is 439 g/mol. The first-order chi connectivity index (χ1) is 15.0. The molecule has 0 aliphatic carbocycles. The van der Waals surface area contributed by atoms with Gasteiger partial charge in [0.15, 0.2) is 6.10 Å². The van der Waals surface area contributed by atoms with Crippen molar-refractivity contribution in [2.24, 2.45) is 0 Å². The van der Waals surface area contributed by atoms with Crippen molar-refractivity contribution < 1.29 is 19.4 Å². The molecular formula is C23H26Cl2N2O4. The minimum atomic E-state index is -0.584. The number of ether oxygens (including phenoxy) is 2. The topological polar surface area (TPSA) is 71.0 Å². The zero-order valence-electron chi connectivity index (χ0n) is 17.1. The van der Waals surface area contributed by atoms with Crippen molar-refractivity contribution >= 4 is 29.1 Å². The lowest BCUT2D eigenvalue weighted by atomic mass is 10.0. The van der Waals surface area contributed by atoms with Crippen LogP contribution in [0.5, 0.6) is 11.5 Å². The van der Waals surface area contributed by atoms with Gasteiger partial charge in [-0.2, -0.15) is 0 Å². The molecule has 0 aromatic heterocycles. The molecule has 0 radical (unpaired) electrons. The van der Waals surface area contributed by atoms with Crippen LogP contribution >= 0.6 is 23.2 Å². The van der Waals surface area contributed by atoms with Gasteiger partial charge >= 0.3 is 0 Å². The van der Waals surface area contributed by atoms with Crippen LogP contribution in [0.1, 0.15) is 18.4 Å². The summed E-state index contributed by atoms with van der Waals surface area (Å²) in [4.78, 5) is 14.8. The molecule has 1 fully saturated rings. The van der Waals surface area contributed by atoms with E-state index in [-0.39, 0.29) is 18.6 Å². The number of amides is 1. The van der Waals surface area contributed by atoms with E-state index in [9.17, 15) is 9.90 Å². The summed E-state index contributed by atoms with van der Waals surface area (Å²) in [6.45, 7) is 2.38. The maximum Gasteiger partial charge on any atom is 0.261 e. The second-order valence-corrected chi connectivity index (χ2v) is 8.94. The molecule has 8 heteroatoms. The van der Waals surface area contributed by atoms with Gasteiger partial charge in [0.05, 0.1) is 0 Å². The molecule has 2 aromatic carbocycles. The Hall–Kier alpha value is -1.99. The summed E-state index contributed by atoms with van der Waals surface area (Å²) < 4.78 is 11.4. The molecule has 166 valence electrons. The molecule has 0 bridgehead atoms. The summed E-state index contributed by atoms with van der Waals surface area (Å²) in [7, 11) is 0. The second-order valence-electron chi connectivity index (χ2n) is 8.06. The third kappa shape index (κ3) is 6.04. The number of aliphatic hydroxyl groups excluding tert-OH is 1. The van der Waals surface area contributed by atoms with E-state index < -0.39 is 12.2 Å². The smallest absolute Gasteiger partial charge is 0.261 e. The minimum Gasteiger partial charge on any atom is -0.491 e. The number of β-amino-alcohol motifs (C(OH)–C–C–N with tert-alkyl or cyclic N) is 1. The Kier molecular flexibility index (Phi) is 7.23. The number of benzene rings is 2. The van der Waals surface area contributed by atoms with Gasteiger partial charge in [-0.15, -0.1) is 0 Å². The Balaban J connectivity index is 1.16. The predicted octanol–water partition coefficient (Wildman–Crippen LogP) is 3.32. The van der Waals surface area contributed by atoms with Gasteiger partial charge in [0, 0.05) is 42.1 Å². The summed E-state index contributed by atoms with van der Waals surface area (Å²) in [6, 6.07) is 12.6. The van der Waals surface area contributed by atoms with E-state index in [1.54, 1.807) is 30.3 Å². The maximum atomic E-state index is 12.6. The van der Waals surface area contributed by atoms with Crippen LogP contribution in [-0.2, 0) is 11.2 Å². The molecule has 2 aromatic rings. The van der Waals surface area contributed by atoms with Crippen LogP contribution < -0.4 is 14.8 Å². The molecule has 6 nitrogen and oxygen atoms in total. The Bertz CT molecular complexity index is 901. The molecule has 2 aliphatic heterocycles. The normalized spacial score (nSPS) is 20.0. The van der Waals surface area contributed by atoms with Crippen LogP contribution in [-0.4, -0.2) is 60.4 Å². The summed E-state index contributed by atoms with van der Waals surface area (Å²) in [5.41, 5.74) is 0.970. The van der Waals surface area contributed by atoms with Crippen LogP contribution in [0.2, 0.25) is 10.0 Å². The van der Waals surface area contributed by atoms with Crippen LogP contribution in [0.3, 0.4) is 0 Å². The van der Waals surface area contributed by atoms with Crippen molar-refractivity contribution in [1.29, 1.82) is 0 Å². The van der Waals surface area contributed by atoms with Gasteiger partial charge in [-0.25, -0.2) is 0 Å². The van der Waals surface area contributed by atoms with Crippen molar-refractivity contribution in [3.63, 3.8) is 0 Å². The summed E-state index contributed by atoms with van der Waals surface area (Å²) in [5.74, 6) is 1.33. The van der Waals surface area contributed by atoms with Crippen molar-refractivity contribution in [3.05, 3.63) is 58.1 Å². The average molecular weight is 465 g/mol. The fraction of sp³-hybridized carbons (Fsp3) is 0.435. The standard InChI is InChI=1S/C23H26Cl2N2O4/c24-16-1-4-20(5-2-16)30-14-19(28)13-27-9-7-18(8-10-27)26-23(29)22-12-15-11-17(25)3-6-21(15)31-22/h1-6,11,18-19,22,28H,7-10,12-14H2,(H,26,29). The number of rotatable bonds is 7. The van der Waals surface area contributed by atoms with E-state index in [2.05, 4.69) is 10.2 Å². The number of nitrogens with one attached hydrogen (secondary N) is 1. The second kappa shape index (κ2) is 10.1. The molecule has 4 rings (SSSR count). The Morgan fingerprint density at radius 2 is 1.87 bits per heavy atom. The zero-order chi connectivity index (χ0) is 21.8. The third-order valence-electron chi connectivity index (χ3n) is 5.65. The number of likely N-dealkylation sites (tertiary alicyclic amines) is 1. The Morgan fingerprint density at radius 3 is 2.61 bits per heavy atom. The molecule has 2 atom stereocenters. The highest BCUT2D eigenvalue weighted by Crippen LogP contribution is 2.31. The lowest BCUT2D eigenvalue weighted by molar-refractivity contribution is -0.128. The van der Waals surface area contributed by atoms with Gasteiger partial charge < -0.3 is 24.8 Å². The number of piperidine rings is 1. The van der Waals surface area contributed by atoms with Gasteiger partial charge in [0.2, 0.25) is 0 Å². The summed E-state index contributed by atoms with van der Waals surface area (Å²) in [6.07, 6.45) is 1.13. The van der Waals surface area contributed by atoms with Gasteiger partial charge in [-0.3, -0.25) is 4.79 Å². The van der Waals surface area contributed by atoms with Crippen LogP contribution in [0, 0.1) is 0 Å². The number of fused-ring (bicyclic) bond motifs is 1. The van der Waals surface area contributed by atoms with Crippen LogP contribution in [0.4, 0.5) is 0 Å². The fourth-order valence-electron chi connectivity index (χ4n) is 3.99. The summed E-state index contributed by atoms with van der Waals surface area (Å²) in [5, 5.41) is 14.7. The monoisotopic (exact) mass is 464 g/mol. The molecule has 0 saturated carbocycles. The van der Waals surface area contributed by atoms with E-state index in [1.807, 2.05) is 12.1 Å². The molecule has 1 saturated heterocycles. The van der Waals surface area contributed by atoms with Crippen LogP contribution in [0.25, 0.3) is 0 Å². The Morgan fingerprint density at radius 1 is 1.16 bits per heavy atom. The largest absolute Gasteiger partial charge is 0.491 e. The molecule has 2 aliphatic rings. The third-order valence-corrected chi connectivity index (χ3v) is 6.14. The quantitative estimate of drug-likeness (QED) is 0.657. The molecule has 2 N–H and O–H groups in total. The van der Waals surface area contributed by atoms with Crippen molar-refractivity contribution in [2.75, 3.05) is 26.2 Å². The van der Waals surface area contributed by atoms with Crippen molar-refractivity contribution in [2.45, 2.75) is 37.5 Å². The first-order valence-electron chi connectivity index (χ1n) is 10.5. The Labute approximate surface area is 192 Å². The van der Waals surface area contributed by atoms with Crippen LogP contribution in [0.15, 0.2) is 42.5 Å². The number of hydrogen-bond donors (Lipinski definition) is 2. The number of carbonyl (C=O) groups excluding carboxylic acids is 1. The van der Waals surface area contributed by atoms with Gasteiger partial charge in [0.25, 0.3) is 5.91 Å². The molecule has 2 unspecified atom stereocenters. The SMILES string of the molecule is O=C(NC1CCN(CC(O)COc2ccc(Cl)cc2)CC1)C1Cc2cc(Cl)ccc2O1. The molecule has 0 spiro atoms.